The molecule has 0 saturated carbocycles. The van der Waals surface area contributed by atoms with Crippen molar-refractivity contribution in [2.24, 2.45) is 0 Å². The van der Waals surface area contributed by atoms with Gasteiger partial charge in [0.1, 0.15) is 5.52 Å². The molecule has 1 aliphatic rings. The molecule has 4 rings (SSSR count). The number of nitrogens with zero attached hydrogens (tertiary/aromatic N) is 3. The molecule has 1 heterocycles. The molecule has 1 amide bonds. The van der Waals surface area contributed by atoms with Gasteiger partial charge in [0.2, 0.25) is 5.91 Å². The van der Waals surface area contributed by atoms with Crippen LogP contribution in [0.3, 0.4) is 0 Å². The van der Waals surface area contributed by atoms with Crippen LogP contribution in [0.4, 0.5) is 0 Å². The predicted molar refractivity (Wildman–Crippen MR) is 97.3 cm³/mol. The van der Waals surface area contributed by atoms with Crippen LogP contribution in [0.25, 0.3) is 11.0 Å². The van der Waals surface area contributed by atoms with Gasteiger partial charge in [-0.1, -0.05) is 41.6 Å². The lowest BCUT2D eigenvalue weighted by Gasteiger charge is -2.12. The van der Waals surface area contributed by atoms with Crippen molar-refractivity contribution in [3.8, 4) is 0 Å². The Balaban J connectivity index is 1.25. The summed E-state index contributed by atoms with van der Waals surface area (Å²) in [5.41, 5.74) is 4.70. The fourth-order valence-corrected chi connectivity index (χ4v) is 3.69. The molecule has 1 N–H and O–H groups in total. The number of benzene rings is 2. The Bertz CT molecular complexity index is 886. The lowest BCUT2D eigenvalue weighted by atomic mass is 9.97. The third-order valence-corrected chi connectivity index (χ3v) is 4.98. The van der Waals surface area contributed by atoms with Crippen molar-refractivity contribution in [1.82, 2.24) is 20.3 Å². The van der Waals surface area contributed by atoms with Crippen LogP contribution in [0.2, 0.25) is 0 Å². The summed E-state index contributed by atoms with van der Waals surface area (Å²) < 4.78 is 1.90. The molecule has 2 aromatic carbocycles. The van der Waals surface area contributed by atoms with E-state index in [-0.39, 0.29) is 5.91 Å². The fourth-order valence-electron chi connectivity index (χ4n) is 3.69. The minimum absolute atomic E-state index is 0.144. The highest BCUT2D eigenvalue weighted by Gasteiger charge is 2.23. The zero-order valence-electron chi connectivity index (χ0n) is 14.2. The average molecular weight is 334 g/mol. The molecular weight excluding hydrogens is 312 g/mol. The van der Waals surface area contributed by atoms with E-state index in [1.54, 1.807) is 0 Å². The highest BCUT2D eigenvalue weighted by molar-refractivity contribution is 5.77. The van der Waals surface area contributed by atoms with Crippen LogP contribution in [-0.2, 0) is 17.8 Å². The van der Waals surface area contributed by atoms with Crippen LogP contribution < -0.4 is 5.32 Å². The van der Waals surface area contributed by atoms with Crippen molar-refractivity contribution < 1.29 is 4.79 Å². The Morgan fingerprint density at radius 3 is 2.96 bits per heavy atom. The van der Waals surface area contributed by atoms with Crippen LogP contribution in [0.5, 0.6) is 0 Å². The highest BCUT2D eigenvalue weighted by Crippen LogP contribution is 2.34. The standard InChI is InChI=1S/C20H22N4O/c25-20(14-16-11-10-15-6-1-2-7-17(15)16)21-12-5-13-24-19-9-4-3-8-18(19)22-23-24/h1-4,6-9,16H,5,10-14H2,(H,21,25)/t16-/m0/s1. The largest absolute Gasteiger partial charge is 0.356 e. The lowest BCUT2D eigenvalue weighted by molar-refractivity contribution is -0.121. The maximum absolute atomic E-state index is 12.2. The predicted octanol–water partition coefficient (Wildman–Crippen LogP) is 3.06. The molecule has 0 radical (unpaired) electrons. The van der Waals surface area contributed by atoms with Crippen molar-refractivity contribution in [1.29, 1.82) is 0 Å². The fraction of sp³-hybridized carbons (Fsp3) is 0.350. The van der Waals surface area contributed by atoms with Crippen molar-refractivity contribution in [2.75, 3.05) is 6.54 Å². The van der Waals surface area contributed by atoms with Crippen molar-refractivity contribution >= 4 is 16.9 Å². The number of hydrogen-bond donors (Lipinski definition) is 1. The molecule has 3 aromatic rings. The Kier molecular flexibility index (Phi) is 4.46. The molecule has 1 atom stereocenters. The maximum Gasteiger partial charge on any atom is 0.220 e. The Morgan fingerprint density at radius 1 is 1.16 bits per heavy atom. The number of nitrogens with one attached hydrogen (secondary N) is 1. The van der Waals surface area contributed by atoms with E-state index in [9.17, 15) is 4.79 Å². The first-order chi connectivity index (χ1) is 12.3. The molecule has 0 bridgehead atoms. The monoisotopic (exact) mass is 334 g/mol. The second-order valence-electron chi connectivity index (χ2n) is 6.64. The van der Waals surface area contributed by atoms with Gasteiger partial charge in [-0.3, -0.25) is 4.79 Å². The van der Waals surface area contributed by atoms with E-state index in [1.165, 1.54) is 11.1 Å². The maximum atomic E-state index is 12.2. The van der Waals surface area contributed by atoms with E-state index in [0.717, 1.165) is 36.8 Å². The zero-order valence-corrected chi connectivity index (χ0v) is 14.2. The molecule has 128 valence electrons. The van der Waals surface area contributed by atoms with Gasteiger partial charge in [-0.25, -0.2) is 4.68 Å². The number of carbonyl (C=O) groups is 1. The van der Waals surface area contributed by atoms with Crippen molar-refractivity contribution in [3.05, 3.63) is 59.7 Å². The van der Waals surface area contributed by atoms with Gasteiger partial charge in [-0.15, -0.1) is 5.10 Å². The SMILES string of the molecule is O=C(C[C@@H]1CCc2ccccc21)NCCCn1nnc2ccccc21. The molecule has 0 unspecified atom stereocenters. The molecule has 0 aliphatic heterocycles. The third-order valence-electron chi connectivity index (χ3n) is 4.98. The van der Waals surface area contributed by atoms with E-state index in [2.05, 4.69) is 39.9 Å². The third kappa shape index (κ3) is 3.40. The first-order valence-electron chi connectivity index (χ1n) is 8.94. The summed E-state index contributed by atoms with van der Waals surface area (Å²) in [4.78, 5) is 12.2. The van der Waals surface area contributed by atoms with Gasteiger partial charge in [-0.2, -0.15) is 0 Å². The quantitative estimate of drug-likeness (QED) is 0.705. The summed E-state index contributed by atoms with van der Waals surface area (Å²) in [6.07, 6.45) is 3.61. The number of amides is 1. The highest BCUT2D eigenvalue weighted by atomic mass is 16.1. The van der Waals surface area contributed by atoms with Gasteiger partial charge >= 0.3 is 0 Å². The van der Waals surface area contributed by atoms with Crippen LogP contribution in [0.1, 0.15) is 36.3 Å². The number of carbonyl (C=O) groups excluding carboxylic acids is 1. The zero-order chi connectivity index (χ0) is 17.1. The smallest absolute Gasteiger partial charge is 0.220 e. The van der Waals surface area contributed by atoms with Crippen molar-refractivity contribution in [3.63, 3.8) is 0 Å². The van der Waals surface area contributed by atoms with Gasteiger partial charge in [0.05, 0.1) is 5.52 Å². The lowest BCUT2D eigenvalue weighted by Crippen LogP contribution is -2.26. The summed E-state index contributed by atoms with van der Waals surface area (Å²) >= 11 is 0. The molecule has 0 saturated heterocycles. The summed E-state index contributed by atoms with van der Waals surface area (Å²) in [5, 5.41) is 11.4. The van der Waals surface area contributed by atoms with Crippen LogP contribution >= 0.6 is 0 Å². The van der Waals surface area contributed by atoms with E-state index < -0.39 is 0 Å². The summed E-state index contributed by atoms with van der Waals surface area (Å²) in [6, 6.07) is 16.4. The first kappa shape index (κ1) is 15.8. The molecule has 5 heteroatoms. The molecule has 1 aromatic heterocycles. The van der Waals surface area contributed by atoms with Gasteiger partial charge in [0.25, 0.3) is 0 Å². The normalized spacial score (nSPS) is 16.1. The summed E-state index contributed by atoms with van der Waals surface area (Å²) in [6.45, 7) is 1.43. The summed E-state index contributed by atoms with van der Waals surface area (Å²) in [5.74, 6) is 0.514. The number of fused-ring (bicyclic) bond motifs is 2. The number of hydrogen-bond acceptors (Lipinski definition) is 3. The number of aromatic nitrogens is 3. The topological polar surface area (TPSA) is 59.8 Å². The van der Waals surface area contributed by atoms with Crippen LogP contribution in [0, 0.1) is 0 Å². The van der Waals surface area contributed by atoms with E-state index in [4.69, 9.17) is 0 Å². The minimum Gasteiger partial charge on any atom is -0.356 e. The molecule has 5 nitrogen and oxygen atoms in total. The Hall–Kier alpha value is -2.69. The van der Waals surface area contributed by atoms with Crippen LogP contribution in [0.15, 0.2) is 48.5 Å². The molecule has 0 spiro atoms. The Morgan fingerprint density at radius 2 is 2.00 bits per heavy atom. The minimum atomic E-state index is 0.144. The van der Waals surface area contributed by atoms with E-state index in [0.29, 0.717) is 18.9 Å². The van der Waals surface area contributed by atoms with Crippen LogP contribution in [-0.4, -0.2) is 27.4 Å². The second kappa shape index (κ2) is 7.05. The van der Waals surface area contributed by atoms with Gasteiger partial charge in [0.15, 0.2) is 0 Å². The summed E-state index contributed by atoms with van der Waals surface area (Å²) in [7, 11) is 0. The second-order valence-corrected chi connectivity index (χ2v) is 6.64. The number of rotatable bonds is 6. The van der Waals surface area contributed by atoms with Gasteiger partial charge < -0.3 is 5.32 Å². The van der Waals surface area contributed by atoms with E-state index >= 15 is 0 Å². The molecule has 1 aliphatic carbocycles. The van der Waals surface area contributed by atoms with Gasteiger partial charge in [-0.05, 0) is 48.4 Å². The molecular formula is C20H22N4O. The van der Waals surface area contributed by atoms with Crippen molar-refractivity contribution in [2.45, 2.75) is 38.1 Å². The molecule has 25 heavy (non-hydrogen) atoms. The number of para-hydroxylation sites is 1. The Labute approximate surface area is 147 Å². The molecule has 0 fully saturated rings. The number of aryl methyl sites for hydroxylation is 2. The van der Waals surface area contributed by atoms with E-state index in [1.807, 2.05) is 28.9 Å². The first-order valence-corrected chi connectivity index (χ1v) is 8.94. The van der Waals surface area contributed by atoms with Gasteiger partial charge in [0, 0.05) is 19.5 Å². The average Bonchev–Trinajstić information content (AvgIpc) is 3.24.